The Hall–Kier alpha value is -2.33. The molecule has 0 bridgehead atoms. The first kappa shape index (κ1) is 16.2. The molecule has 0 fully saturated rings. The van der Waals surface area contributed by atoms with Crippen LogP contribution in [0.2, 0.25) is 0 Å². The Morgan fingerprint density at radius 2 is 1.68 bits per heavy atom. The van der Waals surface area contributed by atoms with Gasteiger partial charge in [-0.2, -0.15) is 0 Å². The van der Waals surface area contributed by atoms with Gasteiger partial charge in [0.25, 0.3) is 0 Å². The number of methoxy groups -OCH3 is 2. The molecule has 0 aliphatic heterocycles. The average molecular weight is 352 g/mol. The normalized spacial score (nSPS) is 12.0. The molecule has 0 heterocycles. The summed E-state index contributed by atoms with van der Waals surface area (Å²) in [6.45, 7) is 2.20. The Kier molecular flexibility index (Phi) is 4.00. The summed E-state index contributed by atoms with van der Waals surface area (Å²) in [5.41, 5.74) is 6.33. The van der Waals surface area contributed by atoms with Gasteiger partial charge in [0.1, 0.15) is 17.2 Å². The summed E-state index contributed by atoms with van der Waals surface area (Å²) in [6.07, 6.45) is 1.77. The van der Waals surface area contributed by atoms with E-state index in [1.807, 2.05) is 18.2 Å². The Morgan fingerprint density at radius 3 is 2.36 bits per heavy atom. The van der Waals surface area contributed by atoms with Crippen molar-refractivity contribution < 1.29 is 13.7 Å². The molecule has 25 heavy (non-hydrogen) atoms. The summed E-state index contributed by atoms with van der Waals surface area (Å²) in [5.74, 6) is 2.52. The minimum atomic E-state index is 0.817. The number of hydrogen-bond donors (Lipinski definition) is 1. The molecule has 0 saturated carbocycles. The standard InChI is InChI=1S/C21H20O3S/c1-4-15-17-8-6-14(23-3)11-18(17)21(24-25)19-10-12-9-13(22-2)5-7-16(12)20(15)19/h5-9,11,25H,4,10H2,1-3H3. The Bertz CT molecular complexity index is 979. The van der Waals surface area contributed by atoms with E-state index in [1.165, 1.54) is 33.2 Å². The summed E-state index contributed by atoms with van der Waals surface area (Å²) < 4.78 is 16.4. The number of benzene rings is 3. The first-order valence-corrected chi connectivity index (χ1v) is 8.72. The molecular formula is C21H20O3S. The molecule has 0 N–H and O–H groups in total. The molecule has 0 atom stereocenters. The minimum absolute atomic E-state index is 0.817. The second-order valence-electron chi connectivity index (χ2n) is 6.22. The quantitative estimate of drug-likeness (QED) is 0.403. The largest absolute Gasteiger partial charge is 0.497 e. The summed E-state index contributed by atoms with van der Waals surface area (Å²) in [4.78, 5) is 0. The van der Waals surface area contributed by atoms with Gasteiger partial charge in [0.2, 0.25) is 0 Å². The molecule has 1 aliphatic rings. The van der Waals surface area contributed by atoms with Crippen LogP contribution in [0.3, 0.4) is 0 Å². The van der Waals surface area contributed by atoms with Crippen LogP contribution in [0.15, 0.2) is 36.4 Å². The van der Waals surface area contributed by atoms with Gasteiger partial charge in [-0.15, -0.1) is 0 Å². The molecule has 3 aromatic rings. The van der Waals surface area contributed by atoms with Crippen molar-refractivity contribution in [2.75, 3.05) is 14.2 Å². The van der Waals surface area contributed by atoms with Gasteiger partial charge < -0.3 is 13.7 Å². The van der Waals surface area contributed by atoms with Gasteiger partial charge in [-0.1, -0.05) is 19.1 Å². The summed E-state index contributed by atoms with van der Waals surface area (Å²) in [7, 11) is 3.38. The number of rotatable bonds is 4. The fraction of sp³-hybridized carbons (Fsp3) is 0.238. The van der Waals surface area contributed by atoms with Crippen LogP contribution >= 0.6 is 12.9 Å². The van der Waals surface area contributed by atoms with Gasteiger partial charge in [0, 0.05) is 30.3 Å². The van der Waals surface area contributed by atoms with Crippen LogP contribution in [0.1, 0.15) is 23.6 Å². The van der Waals surface area contributed by atoms with E-state index < -0.39 is 0 Å². The van der Waals surface area contributed by atoms with E-state index >= 15 is 0 Å². The lowest BCUT2D eigenvalue weighted by Gasteiger charge is -2.17. The van der Waals surface area contributed by atoms with Gasteiger partial charge in [-0.3, -0.25) is 0 Å². The molecule has 0 amide bonds. The van der Waals surface area contributed by atoms with Gasteiger partial charge in [0.05, 0.1) is 14.2 Å². The van der Waals surface area contributed by atoms with Crippen molar-refractivity contribution in [2.45, 2.75) is 19.8 Å². The maximum atomic E-state index is 5.56. The lowest BCUT2D eigenvalue weighted by molar-refractivity contribution is 0.414. The maximum absolute atomic E-state index is 5.56. The number of ether oxygens (including phenoxy) is 2. The predicted molar refractivity (Wildman–Crippen MR) is 104 cm³/mol. The van der Waals surface area contributed by atoms with E-state index in [9.17, 15) is 0 Å². The number of thiol groups is 1. The molecule has 4 heteroatoms. The third kappa shape index (κ3) is 2.35. The molecule has 0 spiro atoms. The third-order valence-corrected chi connectivity index (χ3v) is 5.25. The Labute approximate surface area is 153 Å². The van der Waals surface area contributed by atoms with Gasteiger partial charge in [0.15, 0.2) is 0 Å². The smallest absolute Gasteiger partial charge is 0.149 e. The van der Waals surface area contributed by atoms with E-state index in [-0.39, 0.29) is 0 Å². The van der Waals surface area contributed by atoms with E-state index in [4.69, 9.17) is 13.7 Å². The van der Waals surface area contributed by atoms with Crippen LogP contribution in [0, 0.1) is 0 Å². The van der Waals surface area contributed by atoms with Gasteiger partial charge in [-0.25, -0.2) is 0 Å². The van der Waals surface area contributed by atoms with Gasteiger partial charge in [-0.05, 0) is 58.3 Å². The second kappa shape index (κ2) is 6.19. The first-order valence-electron chi connectivity index (χ1n) is 8.36. The molecule has 0 unspecified atom stereocenters. The molecule has 4 rings (SSSR count). The summed E-state index contributed by atoms with van der Waals surface area (Å²) in [6, 6.07) is 12.4. The van der Waals surface area contributed by atoms with Crippen molar-refractivity contribution in [3.05, 3.63) is 53.1 Å². The second-order valence-corrected chi connectivity index (χ2v) is 6.40. The number of aryl methyl sites for hydroxylation is 1. The molecule has 0 radical (unpaired) electrons. The molecule has 3 nitrogen and oxygen atoms in total. The molecular weight excluding hydrogens is 332 g/mol. The fourth-order valence-electron chi connectivity index (χ4n) is 3.94. The monoisotopic (exact) mass is 352 g/mol. The molecule has 0 saturated heterocycles. The number of hydrogen-bond acceptors (Lipinski definition) is 4. The van der Waals surface area contributed by atoms with Crippen LogP contribution in [-0.2, 0) is 12.8 Å². The zero-order chi connectivity index (χ0) is 17.6. The highest BCUT2D eigenvalue weighted by Gasteiger charge is 2.28. The highest BCUT2D eigenvalue weighted by Crippen LogP contribution is 2.49. The number of fused-ring (bicyclic) bond motifs is 4. The first-order chi connectivity index (χ1) is 12.2. The maximum Gasteiger partial charge on any atom is 0.149 e. The molecule has 128 valence electrons. The zero-order valence-electron chi connectivity index (χ0n) is 14.6. The summed E-state index contributed by atoms with van der Waals surface area (Å²) in [5, 5.41) is 2.24. The third-order valence-electron chi connectivity index (χ3n) is 5.07. The van der Waals surface area contributed by atoms with Crippen molar-refractivity contribution in [1.29, 1.82) is 0 Å². The van der Waals surface area contributed by atoms with Crippen molar-refractivity contribution in [2.24, 2.45) is 0 Å². The van der Waals surface area contributed by atoms with E-state index in [1.54, 1.807) is 14.2 Å². The average Bonchev–Trinajstić information content (AvgIpc) is 3.03. The van der Waals surface area contributed by atoms with Crippen molar-refractivity contribution in [3.63, 3.8) is 0 Å². The van der Waals surface area contributed by atoms with Crippen LogP contribution < -0.4 is 13.7 Å². The lowest BCUT2D eigenvalue weighted by atomic mass is 9.91. The molecule has 1 aliphatic carbocycles. The van der Waals surface area contributed by atoms with Crippen LogP contribution in [-0.4, -0.2) is 14.2 Å². The zero-order valence-corrected chi connectivity index (χ0v) is 15.4. The van der Waals surface area contributed by atoms with Crippen molar-refractivity contribution in [1.82, 2.24) is 0 Å². The summed E-state index contributed by atoms with van der Waals surface area (Å²) >= 11 is 4.16. The topological polar surface area (TPSA) is 27.7 Å². The van der Waals surface area contributed by atoms with Crippen LogP contribution in [0.25, 0.3) is 21.9 Å². The van der Waals surface area contributed by atoms with Crippen molar-refractivity contribution >= 4 is 23.7 Å². The fourth-order valence-corrected chi connectivity index (χ4v) is 4.15. The molecule has 3 aromatic carbocycles. The van der Waals surface area contributed by atoms with E-state index in [0.29, 0.717) is 0 Å². The SMILES string of the molecule is CCc1c2c(c(OS)c3cc(OC)ccc13)Cc1cc(OC)ccc1-2. The minimum Gasteiger partial charge on any atom is -0.497 e. The highest BCUT2D eigenvalue weighted by atomic mass is 32.1. The van der Waals surface area contributed by atoms with Crippen molar-refractivity contribution in [3.8, 4) is 28.4 Å². The Morgan fingerprint density at radius 1 is 0.960 bits per heavy atom. The van der Waals surface area contributed by atoms with E-state index in [0.717, 1.165) is 35.5 Å². The highest BCUT2D eigenvalue weighted by molar-refractivity contribution is 7.75. The lowest BCUT2D eigenvalue weighted by Crippen LogP contribution is -1.96. The van der Waals surface area contributed by atoms with Crippen LogP contribution in [0.4, 0.5) is 0 Å². The van der Waals surface area contributed by atoms with Crippen LogP contribution in [0.5, 0.6) is 17.2 Å². The van der Waals surface area contributed by atoms with E-state index in [2.05, 4.69) is 38.0 Å². The Balaban J connectivity index is 2.08. The van der Waals surface area contributed by atoms with Gasteiger partial charge >= 0.3 is 0 Å². The predicted octanol–water partition coefficient (Wildman–Crippen LogP) is 5.21. The molecule has 0 aromatic heterocycles.